The van der Waals surface area contributed by atoms with Crippen LogP contribution in [0.3, 0.4) is 0 Å². The van der Waals surface area contributed by atoms with Gasteiger partial charge < -0.3 is 5.32 Å². The van der Waals surface area contributed by atoms with E-state index in [1.54, 1.807) is 6.07 Å². The molecule has 0 atom stereocenters. The summed E-state index contributed by atoms with van der Waals surface area (Å²) in [6.07, 6.45) is -4.55. The largest absolute Gasteiger partial charge is 0.416 e. The summed E-state index contributed by atoms with van der Waals surface area (Å²) in [5.41, 5.74) is 0.781. The van der Waals surface area contributed by atoms with Gasteiger partial charge in [0.1, 0.15) is 0 Å². The molecule has 0 spiro atoms. The van der Waals surface area contributed by atoms with Gasteiger partial charge in [-0.15, -0.1) is 4.83 Å². The standard InChI is InChI=1S/C14H12F3N3O3S/c15-14(16,17)10-5-4-6-11(9-10)18-13(21)19-20-24(22,23)12-7-2-1-3-8-12/h1-9,20H,(H2,18,19,21). The van der Waals surface area contributed by atoms with Gasteiger partial charge in [-0.25, -0.2) is 13.2 Å². The second-order valence-electron chi connectivity index (χ2n) is 4.58. The van der Waals surface area contributed by atoms with Gasteiger partial charge in [-0.2, -0.15) is 13.2 Å². The fourth-order valence-electron chi connectivity index (χ4n) is 1.71. The van der Waals surface area contributed by atoms with Crippen LogP contribution in [0.4, 0.5) is 23.7 Å². The molecule has 0 radical (unpaired) electrons. The van der Waals surface area contributed by atoms with E-state index in [0.717, 1.165) is 18.2 Å². The summed E-state index contributed by atoms with van der Waals surface area (Å²) < 4.78 is 61.5. The number of sulfonamides is 1. The SMILES string of the molecule is O=C(NNS(=O)(=O)c1ccccc1)Nc1cccc(C(F)(F)F)c1. The van der Waals surface area contributed by atoms with Crippen LogP contribution in [0.5, 0.6) is 0 Å². The van der Waals surface area contributed by atoms with E-state index in [-0.39, 0.29) is 10.6 Å². The average Bonchev–Trinajstić information content (AvgIpc) is 2.53. The highest BCUT2D eigenvalue weighted by Gasteiger charge is 2.30. The Morgan fingerprint density at radius 2 is 1.62 bits per heavy atom. The lowest BCUT2D eigenvalue weighted by atomic mass is 10.2. The lowest BCUT2D eigenvalue weighted by Crippen LogP contribution is -2.43. The molecule has 2 rings (SSSR count). The number of carbonyl (C=O) groups excluding carboxylic acids is 1. The fraction of sp³-hybridized carbons (Fsp3) is 0.0714. The first-order valence-electron chi connectivity index (χ1n) is 6.49. The second-order valence-corrected chi connectivity index (χ2v) is 6.26. The molecular formula is C14H12F3N3O3S. The van der Waals surface area contributed by atoms with E-state index in [0.29, 0.717) is 0 Å². The molecule has 2 aromatic carbocycles. The van der Waals surface area contributed by atoms with Gasteiger partial charge in [-0.3, -0.25) is 5.43 Å². The maximum Gasteiger partial charge on any atom is 0.416 e. The third-order valence-corrected chi connectivity index (χ3v) is 4.06. The minimum atomic E-state index is -4.55. The van der Waals surface area contributed by atoms with Crippen LogP contribution in [-0.4, -0.2) is 14.4 Å². The van der Waals surface area contributed by atoms with Crippen molar-refractivity contribution in [2.24, 2.45) is 0 Å². The predicted octanol–water partition coefficient (Wildman–Crippen LogP) is 2.72. The molecule has 0 saturated carbocycles. The van der Waals surface area contributed by atoms with E-state index in [4.69, 9.17) is 0 Å². The van der Waals surface area contributed by atoms with Crippen LogP contribution in [0.2, 0.25) is 0 Å². The molecule has 2 amide bonds. The third kappa shape index (κ3) is 4.70. The normalized spacial score (nSPS) is 11.8. The topological polar surface area (TPSA) is 87.3 Å². The summed E-state index contributed by atoms with van der Waals surface area (Å²) in [5.74, 6) is 0. The Kier molecular flexibility index (Phi) is 5.10. The van der Waals surface area contributed by atoms with Crippen LogP contribution >= 0.6 is 0 Å². The molecule has 0 unspecified atom stereocenters. The number of nitrogens with one attached hydrogen (secondary N) is 3. The van der Waals surface area contributed by atoms with E-state index < -0.39 is 27.8 Å². The summed E-state index contributed by atoms with van der Waals surface area (Å²) in [6.45, 7) is 0. The van der Waals surface area contributed by atoms with Gasteiger partial charge in [0.25, 0.3) is 10.0 Å². The number of halogens is 3. The van der Waals surface area contributed by atoms with Crippen molar-refractivity contribution in [2.75, 3.05) is 5.32 Å². The molecule has 0 fully saturated rings. The maximum absolute atomic E-state index is 12.6. The number of benzene rings is 2. The Balaban J connectivity index is 1.99. The number of hydrazine groups is 1. The Bertz CT molecular complexity index is 824. The van der Waals surface area contributed by atoms with Crippen molar-refractivity contribution in [3.63, 3.8) is 0 Å². The van der Waals surface area contributed by atoms with Gasteiger partial charge in [0, 0.05) is 5.69 Å². The summed E-state index contributed by atoms with van der Waals surface area (Å²) in [6, 6.07) is 10.1. The number of hydrogen-bond acceptors (Lipinski definition) is 3. The quantitative estimate of drug-likeness (QED) is 0.734. The van der Waals surface area contributed by atoms with Crippen LogP contribution in [-0.2, 0) is 16.2 Å². The van der Waals surface area contributed by atoms with Crippen molar-refractivity contribution in [2.45, 2.75) is 11.1 Å². The Morgan fingerprint density at radius 1 is 0.958 bits per heavy atom. The first-order chi connectivity index (χ1) is 11.2. The van der Waals surface area contributed by atoms with E-state index in [1.165, 1.54) is 30.3 Å². The Hall–Kier alpha value is -2.59. The van der Waals surface area contributed by atoms with Gasteiger partial charge in [0.2, 0.25) is 0 Å². The van der Waals surface area contributed by atoms with Crippen molar-refractivity contribution in [1.29, 1.82) is 0 Å². The second kappa shape index (κ2) is 6.89. The Labute approximate surface area is 135 Å². The van der Waals surface area contributed by atoms with Crippen LogP contribution < -0.4 is 15.6 Å². The number of anilines is 1. The first-order valence-corrected chi connectivity index (χ1v) is 7.98. The molecule has 0 aliphatic heterocycles. The minimum absolute atomic E-state index is 0.0793. The number of alkyl halides is 3. The van der Waals surface area contributed by atoms with Gasteiger partial charge >= 0.3 is 12.2 Å². The molecule has 0 aromatic heterocycles. The maximum atomic E-state index is 12.6. The average molecular weight is 359 g/mol. The molecule has 3 N–H and O–H groups in total. The number of rotatable bonds is 4. The zero-order valence-electron chi connectivity index (χ0n) is 12.0. The highest BCUT2D eigenvalue weighted by molar-refractivity contribution is 7.89. The molecule has 0 bridgehead atoms. The summed E-state index contributed by atoms with van der Waals surface area (Å²) in [4.78, 5) is 13.4. The molecule has 0 heterocycles. The van der Waals surface area contributed by atoms with Crippen molar-refractivity contribution < 1.29 is 26.4 Å². The third-order valence-electron chi connectivity index (χ3n) is 2.80. The van der Waals surface area contributed by atoms with E-state index >= 15 is 0 Å². The van der Waals surface area contributed by atoms with E-state index in [1.807, 2.05) is 10.3 Å². The molecule has 0 saturated heterocycles. The van der Waals surface area contributed by atoms with Gasteiger partial charge in [-0.1, -0.05) is 24.3 Å². The summed E-state index contributed by atoms with van der Waals surface area (Å²) >= 11 is 0. The van der Waals surface area contributed by atoms with E-state index in [2.05, 4.69) is 5.32 Å². The lowest BCUT2D eigenvalue weighted by Gasteiger charge is -2.11. The molecule has 24 heavy (non-hydrogen) atoms. The minimum Gasteiger partial charge on any atom is -0.307 e. The molecular weight excluding hydrogens is 347 g/mol. The monoisotopic (exact) mass is 359 g/mol. The van der Waals surface area contributed by atoms with Crippen molar-refractivity contribution in [3.8, 4) is 0 Å². The molecule has 0 aliphatic rings. The molecule has 6 nitrogen and oxygen atoms in total. The highest BCUT2D eigenvalue weighted by atomic mass is 32.2. The van der Waals surface area contributed by atoms with Gasteiger partial charge in [-0.05, 0) is 30.3 Å². The van der Waals surface area contributed by atoms with Crippen molar-refractivity contribution in [3.05, 3.63) is 60.2 Å². The predicted molar refractivity (Wildman–Crippen MR) is 80.4 cm³/mol. The number of carbonyl (C=O) groups is 1. The summed E-state index contributed by atoms with van der Waals surface area (Å²) in [7, 11) is -3.98. The highest BCUT2D eigenvalue weighted by Crippen LogP contribution is 2.30. The molecule has 0 aliphatic carbocycles. The summed E-state index contributed by atoms with van der Waals surface area (Å²) in [5, 5.41) is 2.10. The van der Waals surface area contributed by atoms with Crippen LogP contribution in [0.25, 0.3) is 0 Å². The smallest absolute Gasteiger partial charge is 0.307 e. The fourth-order valence-corrected chi connectivity index (χ4v) is 2.57. The molecule has 128 valence electrons. The lowest BCUT2D eigenvalue weighted by molar-refractivity contribution is -0.137. The number of hydrogen-bond donors (Lipinski definition) is 3. The molecule has 10 heteroatoms. The van der Waals surface area contributed by atoms with Gasteiger partial charge in [0.15, 0.2) is 0 Å². The van der Waals surface area contributed by atoms with Crippen molar-refractivity contribution in [1.82, 2.24) is 10.3 Å². The van der Waals surface area contributed by atoms with Crippen LogP contribution in [0.15, 0.2) is 59.5 Å². The van der Waals surface area contributed by atoms with Gasteiger partial charge in [0.05, 0.1) is 10.5 Å². The first kappa shape index (κ1) is 17.8. The van der Waals surface area contributed by atoms with Crippen LogP contribution in [0.1, 0.15) is 5.56 Å². The number of amides is 2. The Morgan fingerprint density at radius 3 is 2.25 bits per heavy atom. The van der Waals surface area contributed by atoms with E-state index in [9.17, 15) is 26.4 Å². The van der Waals surface area contributed by atoms with Crippen LogP contribution in [0, 0.1) is 0 Å². The zero-order valence-corrected chi connectivity index (χ0v) is 12.8. The zero-order chi connectivity index (χ0) is 17.8. The number of urea groups is 1. The molecule has 2 aromatic rings. The van der Waals surface area contributed by atoms with Crippen molar-refractivity contribution >= 4 is 21.7 Å².